The number of imide groups is 1. The van der Waals surface area contributed by atoms with E-state index < -0.39 is 6.04 Å². The van der Waals surface area contributed by atoms with Crippen LogP contribution < -0.4 is 16.0 Å². The number of rotatable bonds is 9. The smallest absolute Gasteiger partial charge is 0.243 e. The number of carbonyl (C=O) groups excluding carboxylic acids is 4. The van der Waals surface area contributed by atoms with Gasteiger partial charge >= 0.3 is 0 Å². The molecule has 146 valence electrons. The van der Waals surface area contributed by atoms with E-state index in [4.69, 9.17) is 0 Å². The molecule has 1 atom stereocenters. The summed E-state index contributed by atoms with van der Waals surface area (Å²) in [6.45, 7) is 1.04. The number of piperidine rings is 1. The topological polar surface area (TPSA) is 108 Å². The molecule has 27 heavy (non-hydrogen) atoms. The van der Waals surface area contributed by atoms with Crippen LogP contribution in [0.25, 0.3) is 0 Å². The normalized spacial score (nSPS) is 16.9. The maximum atomic E-state index is 12.2. The van der Waals surface area contributed by atoms with Crippen molar-refractivity contribution in [3.63, 3.8) is 0 Å². The number of nitrogens with one attached hydrogen (secondary N) is 3. The van der Waals surface area contributed by atoms with Crippen molar-refractivity contribution in [3.05, 3.63) is 29.3 Å². The molecule has 1 heterocycles. The first-order valence-electron chi connectivity index (χ1n) is 9.01. The fourth-order valence-electron chi connectivity index (χ4n) is 3.11. The van der Waals surface area contributed by atoms with Gasteiger partial charge < -0.3 is 10.6 Å². The number of anilines is 1. The third-order valence-corrected chi connectivity index (χ3v) is 4.59. The van der Waals surface area contributed by atoms with Crippen molar-refractivity contribution >= 4 is 29.7 Å². The Labute approximate surface area is 158 Å². The lowest BCUT2D eigenvalue weighted by Crippen LogP contribution is -2.51. The molecule has 0 radical (unpaired) electrons. The Morgan fingerprint density at radius 3 is 2.81 bits per heavy atom. The van der Waals surface area contributed by atoms with Gasteiger partial charge in [-0.3, -0.25) is 29.4 Å². The Morgan fingerprint density at radius 1 is 1.37 bits per heavy atom. The summed E-state index contributed by atoms with van der Waals surface area (Å²) in [5.74, 6) is -0.736. The zero-order valence-corrected chi connectivity index (χ0v) is 15.7. The van der Waals surface area contributed by atoms with Gasteiger partial charge in [0.1, 0.15) is 6.29 Å². The van der Waals surface area contributed by atoms with Crippen molar-refractivity contribution in [2.75, 3.05) is 26.0 Å². The summed E-state index contributed by atoms with van der Waals surface area (Å²) < 4.78 is 0. The second-order valence-electron chi connectivity index (χ2n) is 6.63. The van der Waals surface area contributed by atoms with E-state index in [0.717, 1.165) is 12.8 Å². The molecule has 0 saturated carbocycles. The molecule has 0 aromatic heterocycles. The third kappa shape index (κ3) is 5.70. The average Bonchev–Trinajstić information content (AvgIpc) is 2.63. The molecule has 0 aliphatic carbocycles. The number of benzene rings is 1. The zero-order chi connectivity index (χ0) is 19.8. The van der Waals surface area contributed by atoms with E-state index >= 15 is 0 Å². The maximum Gasteiger partial charge on any atom is 0.243 e. The summed E-state index contributed by atoms with van der Waals surface area (Å²) in [7, 11) is 3.59. The highest BCUT2D eigenvalue weighted by molar-refractivity contribution is 6.00. The number of aldehydes is 1. The molecule has 1 aromatic carbocycles. The van der Waals surface area contributed by atoms with E-state index in [9.17, 15) is 19.2 Å². The van der Waals surface area contributed by atoms with Crippen molar-refractivity contribution in [3.8, 4) is 0 Å². The SMILES string of the molecule is CNCCCC(=O)Nc1cccc(C=O)c1CN(C)C1CCC(=O)NC1=O. The van der Waals surface area contributed by atoms with E-state index in [2.05, 4.69) is 16.0 Å². The Bertz CT molecular complexity index is 720. The van der Waals surface area contributed by atoms with Crippen LogP contribution in [0.15, 0.2) is 18.2 Å². The molecule has 3 amide bonds. The van der Waals surface area contributed by atoms with Crippen molar-refractivity contribution in [2.45, 2.75) is 38.3 Å². The Balaban J connectivity index is 2.14. The third-order valence-electron chi connectivity index (χ3n) is 4.59. The van der Waals surface area contributed by atoms with Gasteiger partial charge in [-0.2, -0.15) is 0 Å². The number of carbonyl (C=O) groups is 4. The highest BCUT2D eigenvalue weighted by atomic mass is 16.2. The molecular formula is C19H26N4O4. The second-order valence-corrected chi connectivity index (χ2v) is 6.63. The molecule has 1 fully saturated rings. The predicted octanol–water partition coefficient (Wildman–Crippen LogP) is 0.674. The van der Waals surface area contributed by atoms with Crippen molar-refractivity contribution in [1.29, 1.82) is 0 Å². The number of hydrogen-bond donors (Lipinski definition) is 3. The number of amides is 3. The monoisotopic (exact) mass is 374 g/mol. The summed E-state index contributed by atoms with van der Waals surface area (Å²) in [6.07, 6.45) is 2.53. The van der Waals surface area contributed by atoms with Crippen LogP contribution in [0, 0.1) is 0 Å². The Hall–Kier alpha value is -2.58. The fourth-order valence-corrected chi connectivity index (χ4v) is 3.11. The molecule has 1 aliphatic heterocycles. The molecule has 0 spiro atoms. The lowest BCUT2D eigenvalue weighted by Gasteiger charge is -2.30. The summed E-state index contributed by atoms with van der Waals surface area (Å²) in [6, 6.07) is 4.68. The second kappa shape index (κ2) is 9.94. The van der Waals surface area contributed by atoms with Crippen LogP contribution in [0.1, 0.15) is 41.6 Å². The van der Waals surface area contributed by atoms with Gasteiger partial charge in [0.25, 0.3) is 0 Å². The van der Waals surface area contributed by atoms with Gasteiger partial charge in [-0.05, 0) is 39.5 Å². The van der Waals surface area contributed by atoms with Crippen LogP contribution in [0.5, 0.6) is 0 Å². The van der Waals surface area contributed by atoms with E-state index in [0.29, 0.717) is 42.6 Å². The first-order chi connectivity index (χ1) is 13.0. The van der Waals surface area contributed by atoms with Gasteiger partial charge in [-0.15, -0.1) is 0 Å². The van der Waals surface area contributed by atoms with Crippen LogP contribution in [0.3, 0.4) is 0 Å². The molecule has 1 aromatic rings. The van der Waals surface area contributed by atoms with Crippen LogP contribution in [-0.2, 0) is 20.9 Å². The molecule has 2 rings (SSSR count). The molecule has 8 heteroatoms. The van der Waals surface area contributed by atoms with Gasteiger partial charge in [0, 0.05) is 36.2 Å². The van der Waals surface area contributed by atoms with E-state index in [-0.39, 0.29) is 24.1 Å². The average molecular weight is 374 g/mol. The minimum Gasteiger partial charge on any atom is -0.326 e. The maximum absolute atomic E-state index is 12.2. The largest absolute Gasteiger partial charge is 0.326 e. The summed E-state index contributed by atoms with van der Waals surface area (Å²) >= 11 is 0. The summed E-state index contributed by atoms with van der Waals surface area (Å²) in [5.41, 5.74) is 1.68. The van der Waals surface area contributed by atoms with E-state index in [1.165, 1.54) is 0 Å². The van der Waals surface area contributed by atoms with Gasteiger partial charge in [0.15, 0.2) is 0 Å². The highest BCUT2D eigenvalue weighted by Crippen LogP contribution is 2.23. The van der Waals surface area contributed by atoms with Crippen LogP contribution in [0.4, 0.5) is 5.69 Å². The fraction of sp³-hybridized carbons (Fsp3) is 0.474. The van der Waals surface area contributed by atoms with Crippen molar-refractivity contribution in [1.82, 2.24) is 15.5 Å². The van der Waals surface area contributed by atoms with Crippen molar-refractivity contribution < 1.29 is 19.2 Å². The summed E-state index contributed by atoms with van der Waals surface area (Å²) in [4.78, 5) is 48.9. The zero-order valence-electron chi connectivity index (χ0n) is 15.7. The molecular weight excluding hydrogens is 348 g/mol. The van der Waals surface area contributed by atoms with Crippen LogP contribution >= 0.6 is 0 Å². The van der Waals surface area contributed by atoms with Crippen molar-refractivity contribution in [2.24, 2.45) is 0 Å². The molecule has 1 aliphatic rings. The van der Waals surface area contributed by atoms with E-state index in [1.807, 2.05) is 7.05 Å². The first kappa shape index (κ1) is 20.7. The van der Waals surface area contributed by atoms with Gasteiger partial charge in [-0.25, -0.2) is 0 Å². The number of hydrogen-bond acceptors (Lipinski definition) is 6. The lowest BCUT2D eigenvalue weighted by molar-refractivity contribution is -0.137. The molecule has 0 bridgehead atoms. The highest BCUT2D eigenvalue weighted by Gasteiger charge is 2.30. The quantitative estimate of drug-likeness (QED) is 0.333. The minimum atomic E-state index is -0.457. The van der Waals surface area contributed by atoms with Gasteiger partial charge in [0.05, 0.1) is 6.04 Å². The first-order valence-corrected chi connectivity index (χ1v) is 9.01. The molecule has 1 unspecified atom stereocenters. The summed E-state index contributed by atoms with van der Waals surface area (Å²) in [5, 5.41) is 8.19. The standard InChI is InChI=1S/C19H26N4O4/c1-20-10-4-7-17(25)21-15-6-3-5-13(12-24)14(15)11-23(2)16-8-9-18(26)22-19(16)27/h3,5-6,12,16,20H,4,7-11H2,1-2H3,(H,21,25)(H,22,26,27). The van der Waals surface area contributed by atoms with Crippen LogP contribution in [-0.4, -0.2) is 55.6 Å². The molecule has 3 N–H and O–H groups in total. The Morgan fingerprint density at radius 2 is 2.15 bits per heavy atom. The lowest BCUT2D eigenvalue weighted by atomic mass is 10.0. The van der Waals surface area contributed by atoms with Gasteiger partial charge in [-0.1, -0.05) is 12.1 Å². The van der Waals surface area contributed by atoms with Crippen LogP contribution in [0.2, 0.25) is 0 Å². The number of likely N-dealkylation sites (N-methyl/N-ethyl adjacent to an activating group) is 1. The van der Waals surface area contributed by atoms with E-state index in [1.54, 1.807) is 30.1 Å². The predicted molar refractivity (Wildman–Crippen MR) is 101 cm³/mol. The minimum absolute atomic E-state index is 0.127. The molecule has 8 nitrogen and oxygen atoms in total. The Kier molecular flexibility index (Phi) is 7.63. The number of nitrogens with zero attached hydrogens (tertiary/aromatic N) is 1. The van der Waals surface area contributed by atoms with Gasteiger partial charge in [0.2, 0.25) is 17.7 Å². The molecule has 1 saturated heterocycles.